The molecule has 2 aromatic rings. The van der Waals surface area contributed by atoms with Crippen molar-refractivity contribution in [3.63, 3.8) is 0 Å². The lowest BCUT2D eigenvalue weighted by Crippen LogP contribution is -2.35. The summed E-state index contributed by atoms with van der Waals surface area (Å²) in [6.45, 7) is 7.40. The normalized spacial score (nSPS) is 15.8. The van der Waals surface area contributed by atoms with E-state index >= 15 is 0 Å². The lowest BCUT2D eigenvalue weighted by molar-refractivity contribution is 0.213. The van der Waals surface area contributed by atoms with Gasteiger partial charge in [0.05, 0.1) is 24.5 Å². The van der Waals surface area contributed by atoms with Crippen LogP contribution in [0.1, 0.15) is 41.8 Å². The Labute approximate surface area is 154 Å². The number of aliphatic hydroxyl groups excluding tert-OH is 1. The molecule has 0 spiro atoms. The summed E-state index contributed by atoms with van der Waals surface area (Å²) in [4.78, 5) is 13.5. The van der Waals surface area contributed by atoms with Crippen molar-refractivity contribution < 1.29 is 5.11 Å². The lowest BCUT2D eigenvalue weighted by Gasteiger charge is -2.33. The first-order chi connectivity index (χ1) is 12.5. The average molecular weight is 359 g/mol. The molecule has 0 amide bonds. The highest BCUT2D eigenvalue weighted by molar-refractivity contribution is 5.43. The Balaban J connectivity index is 1.65. The molecule has 0 saturated carbocycles. The van der Waals surface area contributed by atoms with E-state index < -0.39 is 0 Å². The number of hydrogen-bond donors (Lipinski definition) is 1. The summed E-state index contributed by atoms with van der Waals surface area (Å²) in [7, 11) is 4.02. The van der Waals surface area contributed by atoms with Gasteiger partial charge in [-0.1, -0.05) is 0 Å². The summed E-state index contributed by atoms with van der Waals surface area (Å²) in [6.07, 6.45) is 3.89. The Morgan fingerprint density at radius 1 is 1.23 bits per heavy atom. The summed E-state index contributed by atoms with van der Waals surface area (Å²) in [6, 6.07) is 0. The summed E-state index contributed by atoms with van der Waals surface area (Å²) >= 11 is 0. The minimum Gasteiger partial charge on any atom is -0.395 e. The van der Waals surface area contributed by atoms with Crippen LogP contribution in [-0.2, 0) is 13.6 Å². The maximum atomic E-state index is 9.05. The molecule has 1 saturated heterocycles. The van der Waals surface area contributed by atoms with E-state index in [0.29, 0.717) is 19.0 Å². The monoisotopic (exact) mass is 359 g/mol. The van der Waals surface area contributed by atoms with Crippen molar-refractivity contribution in [2.75, 3.05) is 38.2 Å². The zero-order chi connectivity index (χ0) is 18.7. The second-order valence-corrected chi connectivity index (χ2v) is 7.18. The van der Waals surface area contributed by atoms with Crippen molar-refractivity contribution in [1.29, 1.82) is 0 Å². The Morgan fingerprint density at radius 3 is 2.65 bits per heavy atom. The zero-order valence-electron chi connectivity index (χ0n) is 16.2. The predicted molar refractivity (Wildman–Crippen MR) is 100 cm³/mol. The second kappa shape index (κ2) is 8.09. The largest absolute Gasteiger partial charge is 0.395 e. The van der Waals surface area contributed by atoms with E-state index in [2.05, 4.69) is 34.5 Å². The van der Waals surface area contributed by atoms with Crippen LogP contribution in [0.3, 0.4) is 0 Å². The van der Waals surface area contributed by atoms with Crippen LogP contribution in [0, 0.1) is 13.8 Å². The van der Waals surface area contributed by atoms with Crippen LogP contribution in [0.2, 0.25) is 0 Å². The van der Waals surface area contributed by atoms with Crippen LogP contribution < -0.4 is 4.90 Å². The van der Waals surface area contributed by atoms with Gasteiger partial charge in [0.15, 0.2) is 0 Å². The van der Waals surface area contributed by atoms with Crippen molar-refractivity contribution in [2.24, 2.45) is 7.05 Å². The minimum absolute atomic E-state index is 0.154. The third-order valence-corrected chi connectivity index (χ3v) is 5.10. The topological polar surface area (TPSA) is 83.2 Å². The van der Waals surface area contributed by atoms with Gasteiger partial charge in [-0.05, 0) is 33.7 Å². The fraction of sp³-hybridized carbons (Fsp3) is 0.667. The molecule has 1 aliphatic rings. The summed E-state index contributed by atoms with van der Waals surface area (Å²) in [5.41, 5.74) is 1.94. The number of piperidine rings is 1. The highest BCUT2D eigenvalue weighted by Gasteiger charge is 2.26. The van der Waals surface area contributed by atoms with E-state index in [1.165, 1.54) is 0 Å². The predicted octanol–water partition coefficient (Wildman–Crippen LogP) is 1.03. The molecule has 2 aromatic heterocycles. The van der Waals surface area contributed by atoms with Gasteiger partial charge in [0, 0.05) is 38.8 Å². The highest BCUT2D eigenvalue weighted by Crippen LogP contribution is 2.29. The van der Waals surface area contributed by atoms with Crippen molar-refractivity contribution in [3.05, 3.63) is 29.2 Å². The number of aliphatic hydroxyl groups is 1. The van der Waals surface area contributed by atoms with Crippen molar-refractivity contribution in [1.82, 2.24) is 29.6 Å². The van der Waals surface area contributed by atoms with Gasteiger partial charge in [-0.2, -0.15) is 0 Å². The fourth-order valence-corrected chi connectivity index (χ4v) is 3.53. The van der Waals surface area contributed by atoms with Crippen LogP contribution in [-0.4, -0.2) is 68.0 Å². The molecule has 3 rings (SSSR count). The van der Waals surface area contributed by atoms with Gasteiger partial charge < -0.3 is 14.6 Å². The van der Waals surface area contributed by atoms with Crippen LogP contribution in [0.15, 0.2) is 6.20 Å². The maximum absolute atomic E-state index is 9.05. The van der Waals surface area contributed by atoms with Gasteiger partial charge >= 0.3 is 0 Å². The number of nitrogens with zero attached hydrogens (tertiary/aromatic N) is 7. The Bertz CT molecular complexity index is 737. The molecule has 0 bridgehead atoms. The molecule has 0 aliphatic carbocycles. The van der Waals surface area contributed by atoms with Crippen molar-refractivity contribution >= 4 is 5.82 Å². The molecule has 0 unspecified atom stereocenters. The highest BCUT2D eigenvalue weighted by atomic mass is 16.3. The van der Waals surface area contributed by atoms with Crippen LogP contribution in [0.5, 0.6) is 0 Å². The van der Waals surface area contributed by atoms with E-state index in [1.54, 1.807) is 0 Å². The number of likely N-dealkylation sites (N-methyl/N-ethyl adjacent to an activating group) is 1. The first-order valence-corrected chi connectivity index (χ1v) is 9.22. The molecule has 142 valence electrons. The van der Waals surface area contributed by atoms with Crippen molar-refractivity contribution in [2.45, 2.75) is 39.2 Å². The molecule has 0 aromatic carbocycles. The molecule has 1 N–H and O–H groups in total. The second-order valence-electron chi connectivity index (χ2n) is 7.18. The molecule has 8 heteroatoms. The molecular formula is C18H29N7O. The van der Waals surface area contributed by atoms with Gasteiger partial charge in [0.2, 0.25) is 0 Å². The van der Waals surface area contributed by atoms with E-state index in [1.807, 2.05) is 34.1 Å². The van der Waals surface area contributed by atoms with Crippen molar-refractivity contribution in [3.8, 4) is 0 Å². The van der Waals surface area contributed by atoms with E-state index in [9.17, 15) is 0 Å². The Morgan fingerprint density at radius 2 is 1.96 bits per heavy atom. The van der Waals surface area contributed by atoms with Crippen LogP contribution >= 0.6 is 0 Å². The molecular weight excluding hydrogens is 330 g/mol. The Kier molecular flexibility index (Phi) is 5.83. The van der Waals surface area contributed by atoms with Gasteiger partial charge in [-0.15, -0.1) is 10.2 Å². The van der Waals surface area contributed by atoms with Gasteiger partial charge in [0.25, 0.3) is 0 Å². The number of aryl methyl sites for hydroxylation is 2. The number of hydrogen-bond acceptors (Lipinski definition) is 7. The average Bonchev–Trinajstić information content (AvgIpc) is 2.98. The number of aromatic nitrogens is 5. The molecule has 1 aliphatic heterocycles. The SMILES string of the molecule is Cc1cnc(C)c(N2CCC(c3nnc(CN(C)CCO)n3C)CC2)n1. The summed E-state index contributed by atoms with van der Waals surface area (Å²) in [5.74, 6) is 3.43. The third kappa shape index (κ3) is 4.02. The standard InChI is InChI=1S/C18H29N7O/c1-13-11-19-14(2)17(20-13)25-7-5-15(6-8-25)18-22-21-16(24(18)4)12-23(3)9-10-26/h11,15,26H,5-10,12H2,1-4H3. The van der Waals surface area contributed by atoms with E-state index in [0.717, 1.165) is 54.8 Å². The van der Waals surface area contributed by atoms with E-state index in [-0.39, 0.29) is 6.61 Å². The molecule has 3 heterocycles. The molecule has 0 atom stereocenters. The van der Waals surface area contributed by atoms with E-state index in [4.69, 9.17) is 5.11 Å². The molecule has 0 radical (unpaired) electrons. The zero-order valence-corrected chi connectivity index (χ0v) is 16.2. The molecule has 8 nitrogen and oxygen atoms in total. The summed E-state index contributed by atoms with van der Waals surface area (Å²) in [5, 5.41) is 17.9. The third-order valence-electron chi connectivity index (χ3n) is 5.10. The van der Waals surface area contributed by atoms with Gasteiger partial charge in [-0.25, -0.2) is 4.98 Å². The smallest absolute Gasteiger partial charge is 0.150 e. The molecule has 1 fully saturated rings. The fourth-order valence-electron chi connectivity index (χ4n) is 3.53. The van der Waals surface area contributed by atoms with Gasteiger partial charge in [0.1, 0.15) is 17.5 Å². The first-order valence-electron chi connectivity index (χ1n) is 9.22. The lowest BCUT2D eigenvalue weighted by atomic mass is 9.96. The number of rotatable bonds is 6. The minimum atomic E-state index is 0.154. The first kappa shape index (κ1) is 18.7. The molecule has 26 heavy (non-hydrogen) atoms. The van der Waals surface area contributed by atoms with Crippen LogP contribution in [0.25, 0.3) is 0 Å². The number of anilines is 1. The Hall–Kier alpha value is -2.06. The maximum Gasteiger partial charge on any atom is 0.150 e. The van der Waals surface area contributed by atoms with Crippen LogP contribution in [0.4, 0.5) is 5.82 Å². The quantitative estimate of drug-likeness (QED) is 0.825. The van der Waals surface area contributed by atoms with Gasteiger partial charge in [-0.3, -0.25) is 9.88 Å². The summed E-state index contributed by atoms with van der Waals surface area (Å²) < 4.78 is 2.12.